The summed E-state index contributed by atoms with van der Waals surface area (Å²) in [6.07, 6.45) is 1.80. The van der Waals surface area contributed by atoms with Gasteiger partial charge in [0.25, 0.3) is 0 Å². The summed E-state index contributed by atoms with van der Waals surface area (Å²) in [6, 6.07) is 40.5. The second kappa shape index (κ2) is 13.1. The average molecular weight is 511 g/mol. The standard InChI is InChI=1S/C31H31N2OPS/c1-2-23-32-31(33(24-27-15-7-3-8-16-27)25-28-17-9-4-10-18-28)36-26-35(34,29-19-11-5-12-20-29)30-21-13-6-14-22-30/h2-22H,1,23-26H2. The van der Waals surface area contributed by atoms with Crippen LogP contribution in [0.15, 0.2) is 139 Å². The minimum absolute atomic E-state index is 0.428. The third kappa shape index (κ3) is 6.87. The number of amidine groups is 1. The molecule has 0 radical (unpaired) electrons. The smallest absolute Gasteiger partial charge is 0.160 e. The number of nitrogens with zero attached hydrogens (tertiary/aromatic N) is 2. The zero-order valence-electron chi connectivity index (χ0n) is 20.3. The molecular weight excluding hydrogens is 479 g/mol. The highest BCUT2D eigenvalue weighted by Crippen LogP contribution is 2.47. The predicted octanol–water partition coefficient (Wildman–Crippen LogP) is 6.94. The SMILES string of the molecule is C=CCN=C(SCP(=O)(c1ccccc1)c1ccccc1)N(Cc1ccccc1)Cc1ccccc1. The number of hydrogen-bond acceptors (Lipinski definition) is 3. The van der Waals surface area contributed by atoms with Gasteiger partial charge in [0.15, 0.2) is 12.3 Å². The Balaban J connectivity index is 1.67. The monoisotopic (exact) mass is 510 g/mol. The molecule has 0 aliphatic carbocycles. The fourth-order valence-corrected chi connectivity index (χ4v) is 8.43. The van der Waals surface area contributed by atoms with Gasteiger partial charge in [-0.1, -0.05) is 139 Å². The largest absolute Gasteiger partial charge is 0.343 e. The van der Waals surface area contributed by atoms with E-state index in [0.29, 0.717) is 25.1 Å². The van der Waals surface area contributed by atoms with E-state index in [1.54, 1.807) is 17.8 Å². The molecule has 3 nitrogen and oxygen atoms in total. The minimum atomic E-state index is -2.89. The van der Waals surface area contributed by atoms with Crippen LogP contribution < -0.4 is 10.6 Å². The second-order valence-electron chi connectivity index (χ2n) is 8.42. The highest BCUT2D eigenvalue weighted by atomic mass is 32.2. The lowest BCUT2D eigenvalue weighted by molar-refractivity contribution is 0.414. The molecule has 0 N–H and O–H groups in total. The molecule has 0 heterocycles. The molecule has 0 atom stereocenters. The van der Waals surface area contributed by atoms with Crippen LogP contribution in [-0.4, -0.2) is 22.1 Å². The third-order valence-corrected chi connectivity index (χ3v) is 10.7. The van der Waals surface area contributed by atoms with Crippen molar-refractivity contribution < 1.29 is 4.57 Å². The maximum Gasteiger partial charge on any atom is 0.160 e. The predicted molar refractivity (Wildman–Crippen MR) is 157 cm³/mol. The Morgan fingerprint density at radius 2 is 1.14 bits per heavy atom. The van der Waals surface area contributed by atoms with Crippen LogP contribution >= 0.6 is 18.9 Å². The Morgan fingerprint density at radius 3 is 1.56 bits per heavy atom. The maximum absolute atomic E-state index is 14.6. The molecule has 182 valence electrons. The van der Waals surface area contributed by atoms with E-state index in [-0.39, 0.29) is 0 Å². The number of rotatable bonds is 10. The van der Waals surface area contributed by atoms with Crippen molar-refractivity contribution >= 4 is 34.7 Å². The van der Waals surface area contributed by atoms with Crippen LogP contribution in [-0.2, 0) is 17.7 Å². The van der Waals surface area contributed by atoms with Crippen molar-refractivity contribution in [2.24, 2.45) is 4.99 Å². The van der Waals surface area contributed by atoms with Crippen LogP contribution in [0.1, 0.15) is 11.1 Å². The molecule has 5 heteroatoms. The topological polar surface area (TPSA) is 32.7 Å². The van der Waals surface area contributed by atoms with E-state index >= 15 is 0 Å². The molecule has 0 saturated carbocycles. The van der Waals surface area contributed by atoms with E-state index in [1.165, 1.54) is 11.1 Å². The molecule has 0 bridgehead atoms. The Kier molecular flexibility index (Phi) is 9.38. The van der Waals surface area contributed by atoms with Gasteiger partial charge in [0.05, 0.1) is 12.0 Å². The molecular formula is C31H31N2OPS. The molecule has 0 aromatic heterocycles. The molecule has 0 amide bonds. The van der Waals surface area contributed by atoms with E-state index in [0.717, 1.165) is 15.8 Å². The molecule has 0 saturated heterocycles. The average Bonchev–Trinajstić information content (AvgIpc) is 2.95. The summed E-state index contributed by atoms with van der Waals surface area (Å²) in [4.78, 5) is 7.17. The highest BCUT2D eigenvalue weighted by Gasteiger charge is 2.29. The first-order valence-corrected chi connectivity index (χ1v) is 14.9. The summed E-state index contributed by atoms with van der Waals surface area (Å²) in [6.45, 7) is 5.79. The van der Waals surface area contributed by atoms with Gasteiger partial charge in [0, 0.05) is 23.7 Å². The van der Waals surface area contributed by atoms with Gasteiger partial charge in [-0.15, -0.1) is 6.58 Å². The first kappa shape index (κ1) is 25.8. The summed E-state index contributed by atoms with van der Waals surface area (Å²) in [5.74, 6) is 0. The summed E-state index contributed by atoms with van der Waals surface area (Å²) in [5, 5.41) is 2.60. The van der Waals surface area contributed by atoms with Crippen LogP contribution in [0.2, 0.25) is 0 Å². The van der Waals surface area contributed by atoms with Gasteiger partial charge in [0.2, 0.25) is 0 Å². The van der Waals surface area contributed by atoms with Crippen molar-refractivity contribution in [3.05, 3.63) is 145 Å². The van der Waals surface area contributed by atoms with Gasteiger partial charge in [0.1, 0.15) is 0 Å². The quantitative estimate of drug-likeness (QED) is 0.100. The Bertz CT molecular complexity index is 1210. The van der Waals surface area contributed by atoms with E-state index in [2.05, 4.69) is 60.0 Å². The molecule has 0 unspecified atom stereocenters. The van der Waals surface area contributed by atoms with Crippen LogP contribution in [0, 0.1) is 0 Å². The van der Waals surface area contributed by atoms with E-state index in [1.807, 2.05) is 72.8 Å². The second-order valence-corrected chi connectivity index (χ2v) is 12.6. The fourth-order valence-electron chi connectivity index (χ4n) is 3.96. The number of thioether (sulfide) groups is 1. The van der Waals surface area contributed by atoms with Crippen LogP contribution in [0.5, 0.6) is 0 Å². The minimum Gasteiger partial charge on any atom is -0.343 e. The molecule has 4 aromatic carbocycles. The van der Waals surface area contributed by atoms with Gasteiger partial charge in [-0.3, -0.25) is 4.99 Å². The number of benzene rings is 4. The Hall–Kier alpha value is -3.33. The van der Waals surface area contributed by atoms with Crippen molar-refractivity contribution in [1.29, 1.82) is 0 Å². The molecule has 0 spiro atoms. The van der Waals surface area contributed by atoms with E-state index in [4.69, 9.17) is 4.99 Å². The van der Waals surface area contributed by atoms with Crippen molar-refractivity contribution in [2.75, 3.05) is 12.0 Å². The van der Waals surface area contributed by atoms with Crippen LogP contribution in [0.3, 0.4) is 0 Å². The van der Waals surface area contributed by atoms with Crippen molar-refractivity contribution in [2.45, 2.75) is 13.1 Å². The Labute approximate surface area is 219 Å². The summed E-state index contributed by atoms with van der Waals surface area (Å²) in [5.41, 5.74) is 2.83. The molecule has 0 fully saturated rings. The molecule has 4 aromatic rings. The van der Waals surface area contributed by atoms with Gasteiger partial charge < -0.3 is 9.46 Å². The van der Waals surface area contributed by atoms with Crippen molar-refractivity contribution in [3.63, 3.8) is 0 Å². The lowest BCUT2D eigenvalue weighted by Crippen LogP contribution is -2.29. The van der Waals surface area contributed by atoms with Crippen molar-refractivity contribution in [1.82, 2.24) is 4.90 Å². The number of aliphatic imine (C=N–C) groups is 1. The molecule has 4 rings (SSSR count). The number of hydrogen-bond donors (Lipinski definition) is 0. The van der Waals surface area contributed by atoms with Gasteiger partial charge in [-0.2, -0.15) is 0 Å². The third-order valence-electron chi connectivity index (χ3n) is 5.78. The maximum atomic E-state index is 14.6. The van der Waals surface area contributed by atoms with Gasteiger partial charge in [-0.05, 0) is 11.1 Å². The summed E-state index contributed by atoms with van der Waals surface area (Å²) in [7, 11) is -2.89. The molecule has 0 aliphatic rings. The molecule has 36 heavy (non-hydrogen) atoms. The highest BCUT2D eigenvalue weighted by molar-refractivity contribution is 8.19. The van der Waals surface area contributed by atoms with Crippen LogP contribution in [0.25, 0.3) is 0 Å². The van der Waals surface area contributed by atoms with Crippen molar-refractivity contribution in [3.8, 4) is 0 Å². The van der Waals surface area contributed by atoms with E-state index < -0.39 is 7.14 Å². The zero-order chi connectivity index (χ0) is 25.1. The van der Waals surface area contributed by atoms with Crippen LogP contribution in [0.4, 0.5) is 0 Å². The van der Waals surface area contributed by atoms with Gasteiger partial charge >= 0.3 is 0 Å². The first-order valence-electron chi connectivity index (χ1n) is 12.0. The molecule has 0 aliphatic heterocycles. The lowest BCUT2D eigenvalue weighted by Gasteiger charge is -2.28. The first-order chi connectivity index (χ1) is 17.7. The Morgan fingerprint density at radius 1 is 0.722 bits per heavy atom. The zero-order valence-corrected chi connectivity index (χ0v) is 22.0. The lowest BCUT2D eigenvalue weighted by atomic mass is 10.2. The van der Waals surface area contributed by atoms with E-state index in [9.17, 15) is 4.57 Å². The summed E-state index contributed by atoms with van der Waals surface area (Å²) >= 11 is 1.57. The summed E-state index contributed by atoms with van der Waals surface area (Å²) < 4.78 is 14.6. The van der Waals surface area contributed by atoms with Gasteiger partial charge in [-0.25, -0.2) is 0 Å². The normalized spacial score (nSPS) is 11.7. The fraction of sp³-hybridized carbons (Fsp3) is 0.129.